The highest BCUT2D eigenvalue weighted by molar-refractivity contribution is 5.97. The lowest BCUT2D eigenvalue weighted by Crippen LogP contribution is -2.62. The number of likely N-dealkylation sites (tertiary alicyclic amines) is 1. The van der Waals surface area contributed by atoms with E-state index in [9.17, 15) is 9.18 Å². The van der Waals surface area contributed by atoms with Crippen molar-refractivity contribution < 1.29 is 33.3 Å². The lowest BCUT2D eigenvalue weighted by Gasteiger charge is -2.53. The van der Waals surface area contributed by atoms with Crippen molar-refractivity contribution in [3.8, 4) is 17.6 Å². The average Bonchev–Trinajstić information content (AvgIpc) is 3.48. The molecule has 0 radical (unpaired) electrons. The van der Waals surface area contributed by atoms with Gasteiger partial charge in [0.2, 0.25) is 0 Å². The van der Waals surface area contributed by atoms with E-state index in [2.05, 4.69) is 50.8 Å². The number of carboxylic acid groups (broad SMARTS) is 1. The molecular weight excluding hydrogens is 621 g/mol. The van der Waals surface area contributed by atoms with Crippen LogP contribution >= 0.6 is 0 Å². The lowest BCUT2D eigenvalue weighted by atomic mass is 9.76. The van der Waals surface area contributed by atoms with Gasteiger partial charge in [0.25, 0.3) is 18.3 Å². The predicted molar refractivity (Wildman–Crippen MR) is 181 cm³/mol. The molecule has 4 rings (SSSR count). The highest BCUT2D eigenvalue weighted by Gasteiger charge is 2.50. The molecule has 14 heteroatoms. The summed E-state index contributed by atoms with van der Waals surface area (Å²) >= 11 is 0. The fourth-order valence-electron chi connectivity index (χ4n) is 6.70. The molecule has 268 valence electrons. The second-order valence-corrected chi connectivity index (χ2v) is 13.3. The van der Waals surface area contributed by atoms with Gasteiger partial charge in [-0.1, -0.05) is 18.9 Å². The number of likely N-dealkylation sites (N-methyl/N-ethyl adjacent to an activating group) is 1. The maximum Gasteiger partial charge on any atom is 0.337 e. The Morgan fingerprint density at radius 3 is 2.46 bits per heavy atom. The van der Waals surface area contributed by atoms with Crippen LogP contribution in [0.2, 0.25) is 0 Å². The average molecular weight is 676 g/mol. The van der Waals surface area contributed by atoms with Gasteiger partial charge in [0.15, 0.2) is 5.82 Å². The Kier molecular flexibility index (Phi) is 14.7. The van der Waals surface area contributed by atoms with Gasteiger partial charge in [-0.2, -0.15) is 4.98 Å². The van der Waals surface area contributed by atoms with E-state index in [1.165, 1.54) is 31.7 Å². The molecule has 1 atom stereocenters. The number of halogens is 1. The fraction of sp³-hybridized carbons (Fsp3) is 0.676. The van der Waals surface area contributed by atoms with Gasteiger partial charge in [-0.05, 0) is 77.7 Å². The molecule has 2 aliphatic heterocycles. The van der Waals surface area contributed by atoms with E-state index in [0.717, 1.165) is 58.7 Å². The molecule has 3 heterocycles. The van der Waals surface area contributed by atoms with Crippen LogP contribution in [0, 0.1) is 17.2 Å². The third-order valence-corrected chi connectivity index (χ3v) is 9.18. The minimum absolute atomic E-state index is 0.0583. The van der Waals surface area contributed by atoms with Gasteiger partial charge in [0, 0.05) is 63.9 Å². The van der Waals surface area contributed by atoms with Crippen molar-refractivity contribution in [2.45, 2.75) is 66.0 Å². The molecule has 48 heavy (non-hydrogen) atoms. The molecule has 13 nitrogen and oxygen atoms in total. The lowest BCUT2D eigenvalue weighted by molar-refractivity contribution is -0.122. The Morgan fingerprint density at radius 1 is 1.15 bits per heavy atom. The summed E-state index contributed by atoms with van der Waals surface area (Å²) in [5.74, 6) is 0.629. The molecule has 2 aliphatic rings. The number of rotatable bonds is 16. The molecule has 2 aromatic rings. The zero-order chi connectivity index (χ0) is 35.4. The number of benzene rings is 1. The van der Waals surface area contributed by atoms with Crippen LogP contribution in [0.3, 0.4) is 0 Å². The maximum absolute atomic E-state index is 14.4. The fourth-order valence-corrected chi connectivity index (χ4v) is 6.70. The third kappa shape index (κ3) is 9.95. The van der Waals surface area contributed by atoms with Gasteiger partial charge >= 0.3 is 6.01 Å². The first-order chi connectivity index (χ1) is 22.9. The van der Waals surface area contributed by atoms with E-state index in [-0.39, 0.29) is 47.0 Å². The topological polar surface area (TPSA) is 134 Å². The number of methoxy groups -OCH3 is 2. The van der Waals surface area contributed by atoms with Crippen molar-refractivity contribution in [2.24, 2.45) is 11.3 Å². The molecule has 1 unspecified atom stereocenters. The normalized spacial score (nSPS) is 16.1. The van der Waals surface area contributed by atoms with Gasteiger partial charge in [0.1, 0.15) is 11.6 Å². The Labute approximate surface area is 284 Å². The van der Waals surface area contributed by atoms with Crippen molar-refractivity contribution in [1.29, 1.82) is 0 Å². The highest BCUT2D eigenvalue weighted by atomic mass is 19.1. The Hall–Kier alpha value is -3.62. The molecule has 0 saturated carbocycles. The van der Waals surface area contributed by atoms with Crippen molar-refractivity contribution in [3.63, 3.8) is 0 Å². The number of anilines is 1. The zero-order valence-electron chi connectivity index (χ0n) is 29.8. The third-order valence-electron chi connectivity index (χ3n) is 9.18. The van der Waals surface area contributed by atoms with E-state index < -0.39 is 5.82 Å². The molecule has 0 aliphatic carbocycles. The van der Waals surface area contributed by atoms with E-state index in [1.807, 2.05) is 20.8 Å². The molecular formula is C34H54FN7O6. The number of hydrogen-bond acceptors (Lipinski definition) is 11. The SMILES string of the molecule is CCN(C(=O)c1cc(F)ccc1Oc1nnc(OC)nc1N1CCC2(C1)CN(C(CCCN(C)CCOC)C(C)C)C2)C(C)C.O=CO. The molecule has 2 fully saturated rings. The first-order valence-electron chi connectivity index (χ1n) is 16.7. The van der Waals surface area contributed by atoms with Crippen LogP contribution in [0.4, 0.5) is 10.2 Å². The first-order valence-corrected chi connectivity index (χ1v) is 16.7. The molecule has 0 bridgehead atoms. The van der Waals surface area contributed by atoms with E-state index >= 15 is 0 Å². The smallest absolute Gasteiger partial charge is 0.337 e. The molecule has 1 aromatic carbocycles. The van der Waals surface area contributed by atoms with Crippen LogP contribution in [0.5, 0.6) is 17.6 Å². The summed E-state index contributed by atoms with van der Waals surface area (Å²) in [4.78, 5) is 35.2. The number of amides is 1. The Bertz CT molecular complexity index is 1330. The van der Waals surface area contributed by atoms with Gasteiger partial charge in [-0.15, -0.1) is 5.10 Å². The van der Waals surface area contributed by atoms with Gasteiger partial charge in [-0.3, -0.25) is 14.5 Å². The van der Waals surface area contributed by atoms with Crippen molar-refractivity contribution in [1.82, 2.24) is 29.9 Å². The molecule has 1 N–H and O–H groups in total. The summed E-state index contributed by atoms with van der Waals surface area (Å²) in [5, 5.41) is 15.2. The number of aromatic nitrogens is 3. The van der Waals surface area contributed by atoms with Crippen LogP contribution in [0.15, 0.2) is 18.2 Å². The molecule has 1 aromatic heterocycles. The van der Waals surface area contributed by atoms with Gasteiger partial charge < -0.3 is 34.0 Å². The number of hydrogen-bond donors (Lipinski definition) is 1. The van der Waals surface area contributed by atoms with Crippen LogP contribution in [-0.4, -0.2) is 133 Å². The summed E-state index contributed by atoms with van der Waals surface area (Å²) in [6, 6.07) is 4.57. The monoisotopic (exact) mass is 675 g/mol. The Balaban J connectivity index is 0.00000201. The van der Waals surface area contributed by atoms with E-state index in [1.54, 1.807) is 12.0 Å². The first kappa shape index (κ1) is 38.8. The summed E-state index contributed by atoms with van der Waals surface area (Å²) in [6.07, 6.45) is 3.36. The predicted octanol–water partition coefficient (Wildman–Crippen LogP) is 4.28. The van der Waals surface area contributed by atoms with Gasteiger partial charge in [0.05, 0.1) is 19.3 Å². The number of nitrogens with zero attached hydrogens (tertiary/aromatic N) is 7. The quantitative estimate of drug-likeness (QED) is 0.255. The standard InChI is InChI=1S/C33H52FN7O4.CH2O2/c1-9-41(24(4)5)31(42)26-19-25(34)12-13-28(26)45-30-29(35-32(44-8)37-36-30)39-16-14-33(20-39)21-40(22-33)27(23(2)3)11-10-15-38(6)17-18-43-7;2-1-3/h12-13,19,23-24,27H,9-11,14-18,20-22H2,1-8H3;1H,(H,2,3). The van der Waals surface area contributed by atoms with Crippen LogP contribution in [0.1, 0.15) is 64.2 Å². The maximum atomic E-state index is 14.4. The summed E-state index contributed by atoms with van der Waals surface area (Å²) in [5.41, 5.74) is 0.291. The minimum atomic E-state index is -0.515. The highest BCUT2D eigenvalue weighted by Crippen LogP contribution is 2.45. The number of carbonyl (C=O) groups is 2. The van der Waals surface area contributed by atoms with Crippen molar-refractivity contribution in [3.05, 3.63) is 29.6 Å². The summed E-state index contributed by atoms with van der Waals surface area (Å²) < 4.78 is 31.1. The van der Waals surface area contributed by atoms with Crippen LogP contribution < -0.4 is 14.4 Å². The largest absolute Gasteiger partial charge is 0.483 e. The van der Waals surface area contributed by atoms with Crippen LogP contribution in [-0.2, 0) is 9.53 Å². The van der Waals surface area contributed by atoms with Crippen molar-refractivity contribution >= 4 is 18.2 Å². The zero-order valence-corrected chi connectivity index (χ0v) is 29.8. The van der Waals surface area contributed by atoms with Gasteiger partial charge in [-0.25, -0.2) is 4.39 Å². The van der Waals surface area contributed by atoms with E-state index in [0.29, 0.717) is 24.3 Å². The number of ether oxygens (including phenoxy) is 3. The summed E-state index contributed by atoms with van der Waals surface area (Å²) in [7, 11) is 5.40. The van der Waals surface area contributed by atoms with Crippen molar-refractivity contribution in [2.75, 3.05) is 78.6 Å². The summed E-state index contributed by atoms with van der Waals surface area (Å²) in [6.45, 7) is 17.1. The second-order valence-electron chi connectivity index (χ2n) is 13.3. The molecule has 1 amide bonds. The van der Waals surface area contributed by atoms with Crippen LogP contribution in [0.25, 0.3) is 0 Å². The molecule has 2 saturated heterocycles. The van der Waals surface area contributed by atoms with E-state index in [4.69, 9.17) is 24.1 Å². The molecule has 1 spiro atoms. The number of carbonyl (C=O) groups excluding carboxylic acids is 1. The Morgan fingerprint density at radius 2 is 1.85 bits per heavy atom. The minimum Gasteiger partial charge on any atom is -0.483 e. The second kappa shape index (κ2) is 18.2.